The van der Waals surface area contributed by atoms with Crippen LogP contribution in [0.1, 0.15) is 46.5 Å². The Bertz CT molecular complexity index is 408. The third-order valence-electron chi connectivity index (χ3n) is 2.29. The second-order valence-corrected chi connectivity index (χ2v) is 3.55. The van der Waals surface area contributed by atoms with Crippen molar-refractivity contribution in [1.29, 1.82) is 0 Å². The highest BCUT2D eigenvalue weighted by Gasteiger charge is 2.16. The van der Waals surface area contributed by atoms with Gasteiger partial charge >= 0.3 is 5.97 Å². The number of aryl methyl sites for hydroxylation is 1. The molecule has 3 heteroatoms. The minimum absolute atomic E-state index is 0.0354. The molecule has 0 saturated heterocycles. The fourth-order valence-corrected chi connectivity index (χ4v) is 1.47. The van der Waals surface area contributed by atoms with Crippen LogP contribution in [-0.4, -0.2) is 18.4 Å². The van der Waals surface area contributed by atoms with E-state index in [2.05, 4.69) is 0 Å². The molecule has 1 rings (SSSR count). The lowest BCUT2D eigenvalue weighted by molar-refractivity contribution is 0.0523. The fourth-order valence-electron chi connectivity index (χ4n) is 1.47. The van der Waals surface area contributed by atoms with Gasteiger partial charge in [-0.15, -0.1) is 0 Å². The summed E-state index contributed by atoms with van der Waals surface area (Å²) >= 11 is 0. The molecule has 1 aromatic carbocycles. The quantitative estimate of drug-likeness (QED) is 0.579. The molecule has 0 unspecified atom stereocenters. The molecule has 0 aromatic heterocycles. The van der Waals surface area contributed by atoms with Crippen molar-refractivity contribution in [3.63, 3.8) is 0 Å². The van der Waals surface area contributed by atoms with Gasteiger partial charge in [0.15, 0.2) is 5.78 Å². The number of benzene rings is 1. The van der Waals surface area contributed by atoms with Crippen LogP contribution in [0.4, 0.5) is 0 Å². The number of esters is 1. The van der Waals surface area contributed by atoms with Crippen molar-refractivity contribution in [3.8, 4) is 0 Å². The molecule has 0 saturated carbocycles. The summed E-state index contributed by atoms with van der Waals surface area (Å²) in [5.74, 6) is -0.467. The Morgan fingerprint density at radius 3 is 2.44 bits per heavy atom. The Morgan fingerprint density at radius 2 is 1.88 bits per heavy atom. The van der Waals surface area contributed by atoms with Gasteiger partial charge < -0.3 is 4.74 Å². The van der Waals surface area contributed by atoms with E-state index >= 15 is 0 Å². The number of rotatable bonds is 4. The average Bonchev–Trinajstić information content (AvgIpc) is 2.28. The van der Waals surface area contributed by atoms with Gasteiger partial charge in [-0.3, -0.25) is 4.79 Å². The molecule has 0 heterocycles. The predicted molar refractivity (Wildman–Crippen MR) is 61.8 cm³/mol. The van der Waals surface area contributed by atoms with E-state index in [1.54, 1.807) is 32.0 Å². The molecule has 0 atom stereocenters. The zero-order valence-corrected chi connectivity index (χ0v) is 9.87. The van der Waals surface area contributed by atoms with Gasteiger partial charge in [-0.2, -0.15) is 0 Å². The minimum atomic E-state index is -0.431. The molecule has 0 spiro atoms. The zero-order chi connectivity index (χ0) is 12.1. The van der Waals surface area contributed by atoms with Crippen molar-refractivity contribution < 1.29 is 14.3 Å². The molecule has 16 heavy (non-hydrogen) atoms. The topological polar surface area (TPSA) is 43.4 Å². The van der Waals surface area contributed by atoms with Crippen LogP contribution in [0, 0.1) is 6.92 Å². The van der Waals surface area contributed by atoms with Crippen LogP contribution < -0.4 is 0 Å². The van der Waals surface area contributed by atoms with Crippen molar-refractivity contribution in [2.75, 3.05) is 6.61 Å². The summed E-state index contributed by atoms with van der Waals surface area (Å²) in [4.78, 5) is 23.3. The maximum absolute atomic E-state index is 11.7. The van der Waals surface area contributed by atoms with Crippen LogP contribution in [0.3, 0.4) is 0 Å². The molecule has 0 aliphatic rings. The number of Topliss-reactive ketones (excluding diaryl/α,β-unsaturated/α-hetero) is 1. The molecular weight excluding hydrogens is 204 g/mol. The minimum Gasteiger partial charge on any atom is -0.462 e. The Kier molecular flexibility index (Phi) is 4.23. The van der Waals surface area contributed by atoms with E-state index in [9.17, 15) is 9.59 Å². The van der Waals surface area contributed by atoms with Crippen LogP contribution in [0.15, 0.2) is 18.2 Å². The van der Waals surface area contributed by atoms with Crippen LogP contribution in [-0.2, 0) is 4.74 Å². The van der Waals surface area contributed by atoms with E-state index in [4.69, 9.17) is 4.74 Å². The third kappa shape index (κ3) is 2.69. The molecule has 0 amide bonds. The molecule has 1 aromatic rings. The van der Waals surface area contributed by atoms with E-state index in [0.717, 1.165) is 5.56 Å². The lowest BCUT2D eigenvalue weighted by Crippen LogP contribution is -2.11. The highest BCUT2D eigenvalue weighted by atomic mass is 16.5. The average molecular weight is 220 g/mol. The first-order valence-electron chi connectivity index (χ1n) is 5.41. The normalized spacial score (nSPS) is 9.94. The van der Waals surface area contributed by atoms with Crippen LogP contribution >= 0.6 is 0 Å². The van der Waals surface area contributed by atoms with E-state index < -0.39 is 5.97 Å². The molecule has 0 aliphatic heterocycles. The second kappa shape index (κ2) is 5.45. The van der Waals surface area contributed by atoms with E-state index in [0.29, 0.717) is 24.2 Å². The van der Waals surface area contributed by atoms with Crippen LogP contribution in [0.2, 0.25) is 0 Å². The van der Waals surface area contributed by atoms with Crippen molar-refractivity contribution in [1.82, 2.24) is 0 Å². The van der Waals surface area contributed by atoms with Crippen molar-refractivity contribution in [2.24, 2.45) is 0 Å². The van der Waals surface area contributed by atoms with E-state index in [1.807, 2.05) is 6.92 Å². The van der Waals surface area contributed by atoms with Crippen molar-refractivity contribution in [3.05, 3.63) is 34.9 Å². The van der Waals surface area contributed by atoms with Gasteiger partial charge in [0.2, 0.25) is 0 Å². The predicted octanol–water partition coefficient (Wildman–Crippen LogP) is 2.76. The fraction of sp³-hybridized carbons (Fsp3) is 0.385. The number of hydrogen-bond acceptors (Lipinski definition) is 3. The summed E-state index contributed by atoms with van der Waals surface area (Å²) in [5.41, 5.74) is 1.78. The molecule has 0 fully saturated rings. The molecule has 0 aliphatic carbocycles. The molecular formula is C13H16O3. The van der Waals surface area contributed by atoms with Crippen molar-refractivity contribution in [2.45, 2.75) is 27.2 Å². The van der Waals surface area contributed by atoms with Gasteiger partial charge in [-0.1, -0.05) is 18.6 Å². The highest BCUT2D eigenvalue weighted by Crippen LogP contribution is 2.15. The number of ether oxygens (including phenoxy) is 1. The molecule has 86 valence electrons. The number of hydrogen-bond donors (Lipinski definition) is 0. The molecule has 0 radical (unpaired) electrons. The van der Waals surface area contributed by atoms with Crippen LogP contribution in [0.25, 0.3) is 0 Å². The summed E-state index contributed by atoms with van der Waals surface area (Å²) in [5, 5.41) is 0. The summed E-state index contributed by atoms with van der Waals surface area (Å²) in [6.45, 7) is 5.72. The van der Waals surface area contributed by atoms with Gasteiger partial charge in [-0.05, 0) is 26.0 Å². The van der Waals surface area contributed by atoms with Gasteiger partial charge in [-0.25, -0.2) is 4.79 Å². The Balaban J connectivity index is 3.17. The van der Waals surface area contributed by atoms with E-state index in [1.165, 1.54) is 0 Å². The van der Waals surface area contributed by atoms with Crippen LogP contribution in [0.5, 0.6) is 0 Å². The monoisotopic (exact) mass is 220 g/mol. The summed E-state index contributed by atoms with van der Waals surface area (Å²) in [7, 11) is 0. The first-order valence-corrected chi connectivity index (χ1v) is 5.41. The lowest BCUT2D eigenvalue weighted by Gasteiger charge is -2.08. The molecule has 3 nitrogen and oxygen atoms in total. The zero-order valence-electron chi connectivity index (χ0n) is 9.87. The highest BCUT2D eigenvalue weighted by molar-refractivity contribution is 6.06. The van der Waals surface area contributed by atoms with E-state index in [-0.39, 0.29) is 5.78 Å². The first kappa shape index (κ1) is 12.4. The summed E-state index contributed by atoms with van der Waals surface area (Å²) in [6.07, 6.45) is 0.385. The van der Waals surface area contributed by atoms with Gasteiger partial charge in [0.25, 0.3) is 0 Å². The summed E-state index contributed by atoms with van der Waals surface area (Å²) in [6, 6.07) is 5.19. The lowest BCUT2D eigenvalue weighted by atomic mass is 10.00. The largest absolute Gasteiger partial charge is 0.462 e. The number of ketones is 1. The summed E-state index contributed by atoms with van der Waals surface area (Å²) < 4.78 is 4.91. The SMILES string of the molecule is CCOC(=O)c1ccc(C)cc1C(=O)CC. The standard InChI is InChI=1S/C13H16O3/c1-4-12(14)11-8-9(3)6-7-10(11)13(15)16-5-2/h6-8H,4-5H2,1-3H3. The van der Waals surface area contributed by atoms with Gasteiger partial charge in [0, 0.05) is 12.0 Å². The Hall–Kier alpha value is -1.64. The number of carbonyl (C=O) groups excluding carboxylic acids is 2. The number of carbonyl (C=O) groups is 2. The van der Waals surface area contributed by atoms with Crippen molar-refractivity contribution >= 4 is 11.8 Å². The van der Waals surface area contributed by atoms with Gasteiger partial charge in [0.05, 0.1) is 12.2 Å². The molecule has 0 N–H and O–H groups in total. The van der Waals surface area contributed by atoms with Gasteiger partial charge in [0.1, 0.15) is 0 Å². The Morgan fingerprint density at radius 1 is 1.19 bits per heavy atom. The third-order valence-corrected chi connectivity index (χ3v) is 2.29. The maximum atomic E-state index is 11.7. The second-order valence-electron chi connectivity index (χ2n) is 3.55. The Labute approximate surface area is 95.4 Å². The first-order chi connectivity index (χ1) is 7.60. The maximum Gasteiger partial charge on any atom is 0.338 e. The molecule has 0 bridgehead atoms. The smallest absolute Gasteiger partial charge is 0.338 e.